The molecule has 0 aliphatic rings. The number of aromatic nitrogens is 2. The topological polar surface area (TPSA) is 75.5 Å². The van der Waals surface area contributed by atoms with Crippen LogP contribution in [0.3, 0.4) is 0 Å². The Labute approximate surface area is 87.5 Å². The number of hydroxylamine groups is 2. The number of hydrogen-bond acceptors (Lipinski definition) is 5. The molecule has 0 aromatic carbocycles. The van der Waals surface area contributed by atoms with E-state index in [0.717, 1.165) is 5.06 Å². The van der Waals surface area contributed by atoms with Gasteiger partial charge < -0.3 is 5.11 Å². The highest BCUT2D eigenvalue weighted by molar-refractivity contribution is 5.76. The van der Waals surface area contributed by atoms with Gasteiger partial charge in [-0.25, -0.2) is 15.0 Å². The van der Waals surface area contributed by atoms with E-state index < -0.39 is 0 Å². The van der Waals surface area contributed by atoms with Gasteiger partial charge in [-0.05, 0) is 6.07 Å². The maximum atomic E-state index is 11.4. The highest BCUT2D eigenvalue weighted by Crippen LogP contribution is 2.01. The summed E-state index contributed by atoms with van der Waals surface area (Å²) in [7, 11) is 2.94. The molecule has 15 heavy (non-hydrogen) atoms. The lowest BCUT2D eigenvalue weighted by atomic mass is 10.2. The summed E-state index contributed by atoms with van der Waals surface area (Å²) in [6.07, 6.45) is 1.45. The number of likely N-dealkylation sites (N-methyl/N-ethyl adjacent to an activating group) is 1. The van der Waals surface area contributed by atoms with Crippen LogP contribution in [-0.2, 0) is 22.7 Å². The first-order chi connectivity index (χ1) is 7.17. The molecule has 0 bridgehead atoms. The van der Waals surface area contributed by atoms with E-state index in [0.29, 0.717) is 11.4 Å². The Morgan fingerprint density at radius 2 is 2.20 bits per heavy atom. The molecule has 0 spiro atoms. The van der Waals surface area contributed by atoms with Crippen molar-refractivity contribution in [3.8, 4) is 0 Å². The van der Waals surface area contributed by atoms with Gasteiger partial charge in [-0.15, -0.1) is 0 Å². The van der Waals surface area contributed by atoms with E-state index in [1.807, 2.05) is 0 Å². The molecule has 1 heterocycles. The standard InChI is InChI=1S/C9H13N3O3/c1-12(15-2)9(14)4-7-3-8(5-13)11-6-10-7/h3,6,13H,4-5H2,1-2H3. The summed E-state index contributed by atoms with van der Waals surface area (Å²) in [5.41, 5.74) is 1.05. The third-order valence-corrected chi connectivity index (χ3v) is 1.90. The lowest BCUT2D eigenvalue weighted by molar-refractivity contribution is -0.167. The monoisotopic (exact) mass is 211 g/mol. The molecule has 0 fully saturated rings. The minimum absolute atomic E-state index is 0.125. The predicted molar refractivity (Wildman–Crippen MR) is 51.4 cm³/mol. The average molecular weight is 211 g/mol. The third kappa shape index (κ3) is 3.26. The van der Waals surface area contributed by atoms with Gasteiger partial charge >= 0.3 is 0 Å². The quantitative estimate of drug-likeness (QED) is 0.681. The number of amides is 1. The molecule has 1 rings (SSSR count). The first-order valence-electron chi connectivity index (χ1n) is 4.38. The van der Waals surface area contributed by atoms with Gasteiger partial charge in [-0.1, -0.05) is 0 Å². The Morgan fingerprint density at radius 3 is 2.80 bits per heavy atom. The van der Waals surface area contributed by atoms with Crippen LogP contribution in [0.25, 0.3) is 0 Å². The molecule has 0 unspecified atom stereocenters. The highest BCUT2D eigenvalue weighted by atomic mass is 16.7. The number of aliphatic hydroxyl groups is 1. The fourth-order valence-corrected chi connectivity index (χ4v) is 0.995. The summed E-state index contributed by atoms with van der Waals surface area (Å²) < 4.78 is 0. The number of nitrogens with zero attached hydrogens (tertiary/aromatic N) is 3. The van der Waals surface area contributed by atoms with Crippen molar-refractivity contribution in [1.82, 2.24) is 15.0 Å². The fourth-order valence-electron chi connectivity index (χ4n) is 0.995. The average Bonchev–Trinajstić information content (AvgIpc) is 2.28. The molecule has 82 valence electrons. The van der Waals surface area contributed by atoms with E-state index in [1.54, 1.807) is 6.07 Å². The van der Waals surface area contributed by atoms with Crippen molar-refractivity contribution >= 4 is 5.91 Å². The zero-order valence-corrected chi connectivity index (χ0v) is 8.67. The second-order valence-corrected chi connectivity index (χ2v) is 2.91. The molecule has 0 aliphatic heterocycles. The molecule has 6 heteroatoms. The maximum absolute atomic E-state index is 11.4. The van der Waals surface area contributed by atoms with Crippen molar-refractivity contribution < 1.29 is 14.7 Å². The van der Waals surface area contributed by atoms with Gasteiger partial charge in [-0.3, -0.25) is 9.63 Å². The lowest BCUT2D eigenvalue weighted by Gasteiger charge is -2.12. The van der Waals surface area contributed by atoms with Crippen LogP contribution in [0.15, 0.2) is 12.4 Å². The van der Waals surface area contributed by atoms with Gasteiger partial charge in [0.25, 0.3) is 5.91 Å². The van der Waals surface area contributed by atoms with Crippen LogP contribution in [-0.4, -0.2) is 40.2 Å². The first kappa shape index (κ1) is 11.5. The molecular formula is C9H13N3O3. The van der Waals surface area contributed by atoms with Crippen LogP contribution in [0.2, 0.25) is 0 Å². The molecule has 6 nitrogen and oxygen atoms in total. The van der Waals surface area contributed by atoms with E-state index in [4.69, 9.17) is 9.94 Å². The Hall–Kier alpha value is -1.53. The van der Waals surface area contributed by atoms with Crippen LogP contribution >= 0.6 is 0 Å². The Bertz CT molecular complexity index is 343. The lowest BCUT2D eigenvalue weighted by Crippen LogP contribution is -2.27. The second-order valence-electron chi connectivity index (χ2n) is 2.91. The molecule has 0 atom stereocenters. The smallest absolute Gasteiger partial charge is 0.251 e. The van der Waals surface area contributed by atoms with Crippen molar-refractivity contribution in [2.24, 2.45) is 0 Å². The van der Waals surface area contributed by atoms with Gasteiger partial charge in [0, 0.05) is 7.05 Å². The zero-order valence-electron chi connectivity index (χ0n) is 8.67. The zero-order chi connectivity index (χ0) is 11.3. The Balaban J connectivity index is 2.68. The number of rotatable bonds is 4. The molecule has 0 saturated heterocycles. The van der Waals surface area contributed by atoms with E-state index in [9.17, 15) is 4.79 Å². The number of carbonyl (C=O) groups excluding carboxylic acids is 1. The van der Waals surface area contributed by atoms with E-state index >= 15 is 0 Å². The SMILES string of the molecule is CON(C)C(=O)Cc1cc(CO)ncn1. The summed E-state index contributed by atoms with van der Waals surface area (Å²) in [6.45, 7) is -0.163. The van der Waals surface area contributed by atoms with Crippen LogP contribution in [0, 0.1) is 0 Å². The summed E-state index contributed by atoms with van der Waals surface area (Å²) in [6, 6.07) is 1.58. The first-order valence-corrected chi connectivity index (χ1v) is 4.38. The van der Waals surface area contributed by atoms with Crippen LogP contribution in [0.1, 0.15) is 11.4 Å². The van der Waals surface area contributed by atoms with Gasteiger partial charge in [-0.2, -0.15) is 0 Å². The molecule has 0 saturated carbocycles. The van der Waals surface area contributed by atoms with Gasteiger partial charge in [0.15, 0.2) is 0 Å². The van der Waals surface area contributed by atoms with E-state index in [1.165, 1.54) is 20.5 Å². The van der Waals surface area contributed by atoms with Crippen molar-refractivity contribution in [3.05, 3.63) is 23.8 Å². The van der Waals surface area contributed by atoms with Crippen LogP contribution in [0.5, 0.6) is 0 Å². The molecule has 1 aromatic heterocycles. The van der Waals surface area contributed by atoms with Gasteiger partial charge in [0.05, 0.1) is 31.5 Å². The van der Waals surface area contributed by atoms with E-state index in [-0.39, 0.29) is 18.9 Å². The Kier molecular flexibility index (Phi) is 4.14. The van der Waals surface area contributed by atoms with E-state index in [2.05, 4.69) is 9.97 Å². The fraction of sp³-hybridized carbons (Fsp3) is 0.444. The molecule has 1 N–H and O–H groups in total. The van der Waals surface area contributed by atoms with Crippen LogP contribution in [0.4, 0.5) is 0 Å². The van der Waals surface area contributed by atoms with Gasteiger partial charge in [0.1, 0.15) is 6.33 Å². The minimum atomic E-state index is -0.208. The van der Waals surface area contributed by atoms with Gasteiger partial charge in [0.2, 0.25) is 0 Å². The minimum Gasteiger partial charge on any atom is -0.390 e. The highest BCUT2D eigenvalue weighted by Gasteiger charge is 2.10. The summed E-state index contributed by atoms with van der Waals surface area (Å²) in [5.74, 6) is -0.208. The largest absolute Gasteiger partial charge is 0.390 e. The van der Waals surface area contributed by atoms with Crippen molar-refractivity contribution in [2.45, 2.75) is 13.0 Å². The number of hydrogen-bond donors (Lipinski definition) is 1. The molecule has 1 aromatic rings. The third-order valence-electron chi connectivity index (χ3n) is 1.90. The molecule has 0 radical (unpaired) electrons. The van der Waals surface area contributed by atoms with Crippen molar-refractivity contribution in [1.29, 1.82) is 0 Å². The summed E-state index contributed by atoms with van der Waals surface area (Å²) in [4.78, 5) is 23.9. The van der Waals surface area contributed by atoms with Crippen molar-refractivity contribution in [3.63, 3.8) is 0 Å². The number of carbonyl (C=O) groups is 1. The molecule has 1 amide bonds. The van der Waals surface area contributed by atoms with Crippen LogP contribution < -0.4 is 0 Å². The summed E-state index contributed by atoms with van der Waals surface area (Å²) >= 11 is 0. The van der Waals surface area contributed by atoms with Crippen molar-refractivity contribution in [2.75, 3.05) is 14.2 Å². The molecular weight excluding hydrogens is 198 g/mol. The summed E-state index contributed by atoms with van der Waals surface area (Å²) in [5, 5.41) is 9.97. The maximum Gasteiger partial charge on any atom is 0.251 e. The number of aliphatic hydroxyl groups excluding tert-OH is 1. The second kappa shape index (κ2) is 5.38. The predicted octanol–water partition coefficient (Wildman–Crippen LogP) is -0.469. The normalized spacial score (nSPS) is 10.1. The molecule has 0 aliphatic carbocycles. The Morgan fingerprint density at radius 1 is 1.53 bits per heavy atom.